The van der Waals surface area contributed by atoms with Gasteiger partial charge in [0, 0.05) is 4.32 Å². The van der Waals surface area contributed by atoms with Crippen molar-refractivity contribution >= 4 is 15.9 Å². The Bertz CT molecular complexity index is 49.7. The summed E-state index contributed by atoms with van der Waals surface area (Å²) < 4.78 is 0.229. The SMILES string of the molecule is C[C](C)C(C)(C)Br. The molecule has 43 valence electrons. The van der Waals surface area contributed by atoms with E-state index >= 15 is 0 Å². The van der Waals surface area contributed by atoms with Crippen molar-refractivity contribution in [3.8, 4) is 0 Å². The van der Waals surface area contributed by atoms with Gasteiger partial charge in [0.2, 0.25) is 0 Å². The number of rotatable bonds is 1. The Morgan fingerprint density at radius 2 is 1.43 bits per heavy atom. The van der Waals surface area contributed by atoms with Gasteiger partial charge in [0.1, 0.15) is 0 Å². The van der Waals surface area contributed by atoms with Gasteiger partial charge in [-0.3, -0.25) is 0 Å². The molecule has 0 aromatic heterocycles. The van der Waals surface area contributed by atoms with Crippen LogP contribution in [0.2, 0.25) is 0 Å². The first-order valence-corrected chi connectivity index (χ1v) is 3.23. The zero-order valence-corrected chi connectivity index (χ0v) is 6.96. The highest BCUT2D eigenvalue weighted by atomic mass is 79.9. The zero-order valence-electron chi connectivity index (χ0n) is 5.38. The number of alkyl halides is 1. The fraction of sp³-hybridized carbons (Fsp3) is 0.833. The van der Waals surface area contributed by atoms with E-state index in [0.717, 1.165) is 0 Å². The summed E-state index contributed by atoms with van der Waals surface area (Å²) in [5.41, 5.74) is 0. The monoisotopic (exact) mass is 163 g/mol. The second-order valence-corrected chi connectivity index (χ2v) is 4.45. The molecule has 0 aliphatic rings. The normalized spacial score (nSPS) is 12.9. The molecular formula is C6H12Br. The number of hydrogen-bond acceptors (Lipinski definition) is 0. The third kappa shape index (κ3) is 3.10. The second kappa shape index (κ2) is 2.17. The van der Waals surface area contributed by atoms with Gasteiger partial charge in [-0.2, -0.15) is 0 Å². The Morgan fingerprint density at radius 1 is 1.29 bits per heavy atom. The van der Waals surface area contributed by atoms with Crippen molar-refractivity contribution in [2.75, 3.05) is 0 Å². The quantitative estimate of drug-likeness (QED) is 0.522. The predicted molar refractivity (Wildman–Crippen MR) is 37.6 cm³/mol. The van der Waals surface area contributed by atoms with Gasteiger partial charge >= 0.3 is 0 Å². The molecule has 1 heteroatoms. The molecule has 0 aliphatic carbocycles. The van der Waals surface area contributed by atoms with Crippen molar-refractivity contribution in [2.24, 2.45) is 0 Å². The van der Waals surface area contributed by atoms with Crippen LogP contribution in [0.15, 0.2) is 0 Å². The highest BCUT2D eigenvalue weighted by Gasteiger charge is 2.16. The topological polar surface area (TPSA) is 0 Å². The Balaban J connectivity index is 3.54. The van der Waals surface area contributed by atoms with Crippen LogP contribution in [0.25, 0.3) is 0 Å². The van der Waals surface area contributed by atoms with E-state index in [-0.39, 0.29) is 4.32 Å². The minimum atomic E-state index is 0.229. The van der Waals surface area contributed by atoms with Crippen LogP contribution in [0.3, 0.4) is 0 Å². The number of hydrogen-bond donors (Lipinski definition) is 0. The lowest BCUT2D eigenvalue weighted by atomic mass is 10.0. The average molecular weight is 164 g/mol. The van der Waals surface area contributed by atoms with Crippen molar-refractivity contribution in [2.45, 2.75) is 32.0 Å². The molecule has 0 aliphatic heterocycles. The molecule has 0 fully saturated rings. The van der Waals surface area contributed by atoms with Crippen molar-refractivity contribution < 1.29 is 0 Å². The van der Waals surface area contributed by atoms with Crippen LogP contribution in [0.5, 0.6) is 0 Å². The van der Waals surface area contributed by atoms with Crippen LogP contribution in [0, 0.1) is 5.92 Å². The van der Waals surface area contributed by atoms with E-state index in [4.69, 9.17) is 0 Å². The molecule has 0 bridgehead atoms. The Hall–Kier alpha value is 0.480. The molecule has 0 saturated carbocycles. The molecule has 0 amide bonds. The van der Waals surface area contributed by atoms with E-state index in [1.54, 1.807) is 0 Å². The standard InChI is InChI=1S/C6H12Br/c1-5(2)6(3,4)7/h1-4H3. The van der Waals surface area contributed by atoms with E-state index in [0.29, 0.717) is 0 Å². The molecule has 0 unspecified atom stereocenters. The maximum Gasteiger partial charge on any atom is 0.0258 e. The summed E-state index contributed by atoms with van der Waals surface area (Å²) in [5, 5.41) is 0. The van der Waals surface area contributed by atoms with Crippen molar-refractivity contribution in [3.05, 3.63) is 5.92 Å². The van der Waals surface area contributed by atoms with Gasteiger partial charge in [0.25, 0.3) is 0 Å². The van der Waals surface area contributed by atoms with Crippen molar-refractivity contribution in [3.63, 3.8) is 0 Å². The van der Waals surface area contributed by atoms with Crippen LogP contribution in [0.4, 0.5) is 0 Å². The maximum absolute atomic E-state index is 3.51. The van der Waals surface area contributed by atoms with Crippen LogP contribution in [0.1, 0.15) is 27.7 Å². The fourth-order valence-electron chi connectivity index (χ4n) is 0. The first-order valence-electron chi connectivity index (χ1n) is 2.44. The Labute approximate surface area is 54.4 Å². The molecule has 0 saturated heterocycles. The second-order valence-electron chi connectivity index (χ2n) is 2.47. The highest BCUT2D eigenvalue weighted by molar-refractivity contribution is 9.10. The van der Waals surface area contributed by atoms with Gasteiger partial charge in [-0.25, -0.2) is 0 Å². The lowest BCUT2D eigenvalue weighted by Gasteiger charge is -2.19. The largest absolute Gasteiger partial charge is 0.0853 e. The molecule has 0 spiro atoms. The van der Waals surface area contributed by atoms with Crippen molar-refractivity contribution in [1.29, 1.82) is 0 Å². The molecule has 0 nitrogen and oxygen atoms in total. The van der Waals surface area contributed by atoms with Gasteiger partial charge in [0.05, 0.1) is 0 Å². The van der Waals surface area contributed by atoms with Gasteiger partial charge in [0.15, 0.2) is 0 Å². The van der Waals surface area contributed by atoms with Crippen LogP contribution < -0.4 is 0 Å². The van der Waals surface area contributed by atoms with Gasteiger partial charge in [-0.15, -0.1) is 0 Å². The van der Waals surface area contributed by atoms with Gasteiger partial charge in [-0.05, 0) is 19.8 Å². The van der Waals surface area contributed by atoms with Crippen molar-refractivity contribution in [1.82, 2.24) is 0 Å². The van der Waals surface area contributed by atoms with E-state index in [9.17, 15) is 0 Å². The first kappa shape index (κ1) is 7.48. The lowest BCUT2D eigenvalue weighted by molar-refractivity contribution is 0.743. The molecule has 0 atom stereocenters. The third-order valence-electron chi connectivity index (χ3n) is 1.19. The number of halogens is 1. The minimum Gasteiger partial charge on any atom is -0.0853 e. The minimum absolute atomic E-state index is 0.229. The Kier molecular flexibility index (Phi) is 2.31. The highest BCUT2D eigenvalue weighted by Crippen LogP contribution is 2.26. The third-order valence-corrected chi connectivity index (χ3v) is 1.98. The van der Waals surface area contributed by atoms with Crippen LogP contribution in [-0.2, 0) is 0 Å². The van der Waals surface area contributed by atoms with Crippen LogP contribution in [-0.4, -0.2) is 4.32 Å². The molecular weight excluding hydrogens is 152 g/mol. The molecule has 7 heavy (non-hydrogen) atoms. The lowest BCUT2D eigenvalue weighted by Crippen LogP contribution is -2.15. The summed E-state index contributed by atoms with van der Waals surface area (Å²) in [7, 11) is 0. The van der Waals surface area contributed by atoms with Gasteiger partial charge < -0.3 is 0 Å². The fourth-order valence-corrected chi connectivity index (χ4v) is 0. The van der Waals surface area contributed by atoms with Crippen LogP contribution >= 0.6 is 15.9 Å². The maximum atomic E-state index is 3.51. The summed E-state index contributed by atoms with van der Waals surface area (Å²) in [6, 6.07) is 0. The molecule has 0 heterocycles. The zero-order chi connectivity index (χ0) is 6.08. The first-order chi connectivity index (χ1) is 2.94. The summed E-state index contributed by atoms with van der Waals surface area (Å²) in [6.07, 6.45) is 0. The molecule has 0 N–H and O–H groups in total. The van der Waals surface area contributed by atoms with E-state index in [1.807, 2.05) is 0 Å². The molecule has 0 rings (SSSR count). The van der Waals surface area contributed by atoms with E-state index in [1.165, 1.54) is 5.92 Å². The summed E-state index contributed by atoms with van der Waals surface area (Å²) >= 11 is 3.51. The van der Waals surface area contributed by atoms with E-state index in [2.05, 4.69) is 43.6 Å². The summed E-state index contributed by atoms with van der Waals surface area (Å²) in [4.78, 5) is 0. The molecule has 1 radical (unpaired) electrons. The Morgan fingerprint density at radius 3 is 1.43 bits per heavy atom. The summed E-state index contributed by atoms with van der Waals surface area (Å²) in [6.45, 7) is 8.52. The predicted octanol–water partition coefficient (Wildman–Crippen LogP) is 2.77. The smallest absolute Gasteiger partial charge is 0.0258 e. The van der Waals surface area contributed by atoms with Gasteiger partial charge in [-0.1, -0.05) is 29.8 Å². The van der Waals surface area contributed by atoms with E-state index < -0.39 is 0 Å². The average Bonchev–Trinajstić information content (AvgIpc) is 1.31. The molecule has 0 aromatic carbocycles. The molecule has 0 aromatic rings. The summed E-state index contributed by atoms with van der Waals surface area (Å²) in [5.74, 6) is 1.41.